The standard InChI is InChI=1S/C14H17ClN4/c1-10-11(7-16)6-12(15)13(18-10)19-5-3-14(9-19)2-4-17-8-14/h6,17H,2-5,8-9H2,1H3. The topological polar surface area (TPSA) is 52.0 Å². The van der Waals surface area contributed by atoms with Crippen LogP contribution in [0.25, 0.3) is 0 Å². The van der Waals surface area contributed by atoms with Gasteiger partial charge in [-0.1, -0.05) is 11.6 Å². The Balaban J connectivity index is 1.88. The molecule has 100 valence electrons. The van der Waals surface area contributed by atoms with E-state index in [0.29, 0.717) is 16.0 Å². The first-order chi connectivity index (χ1) is 9.13. The lowest BCUT2D eigenvalue weighted by atomic mass is 9.87. The van der Waals surface area contributed by atoms with Crippen LogP contribution in [0.5, 0.6) is 0 Å². The number of aryl methyl sites for hydroxylation is 1. The molecule has 3 heterocycles. The summed E-state index contributed by atoms with van der Waals surface area (Å²) in [6, 6.07) is 3.86. The highest BCUT2D eigenvalue weighted by molar-refractivity contribution is 6.33. The van der Waals surface area contributed by atoms with Crippen molar-refractivity contribution in [3.8, 4) is 6.07 Å². The molecule has 1 aromatic heterocycles. The van der Waals surface area contributed by atoms with Crippen molar-refractivity contribution < 1.29 is 0 Å². The molecule has 5 heteroatoms. The summed E-state index contributed by atoms with van der Waals surface area (Å²) in [5.74, 6) is 0.835. The van der Waals surface area contributed by atoms with Crippen molar-refractivity contribution >= 4 is 17.4 Å². The maximum absolute atomic E-state index is 9.00. The summed E-state index contributed by atoms with van der Waals surface area (Å²) in [5.41, 5.74) is 1.71. The largest absolute Gasteiger partial charge is 0.355 e. The number of nitrogens with zero attached hydrogens (tertiary/aromatic N) is 3. The average Bonchev–Trinajstić information content (AvgIpc) is 3.03. The van der Waals surface area contributed by atoms with E-state index in [0.717, 1.165) is 37.7 Å². The molecule has 1 N–H and O–H groups in total. The van der Waals surface area contributed by atoms with E-state index in [1.165, 1.54) is 12.8 Å². The van der Waals surface area contributed by atoms with Crippen molar-refractivity contribution in [1.29, 1.82) is 5.26 Å². The van der Waals surface area contributed by atoms with Crippen LogP contribution in [0.1, 0.15) is 24.1 Å². The molecule has 1 atom stereocenters. The van der Waals surface area contributed by atoms with Crippen LogP contribution in [0.4, 0.5) is 5.82 Å². The van der Waals surface area contributed by atoms with Gasteiger partial charge in [-0.3, -0.25) is 0 Å². The highest BCUT2D eigenvalue weighted by Crippen LogP contribution is 2.39. The van der Waals surface area contributed by atoms with Gasteiger partial charge in [0.05, 0.1) is 16.3 Å². The first-order valence-electron chi connectivity index (χ1n) is 6.66. The van der Waals surface area contributed by atoms with Crippen LogP contribution in [0.2, 0.25) is 5.02 Å². The van der Waals surface area contributed by atoms with Crippen LogP contribution in [0.3, 0.4) is 0 Å². The molecule has 2 fully saturated rings. The number of pyridine rings is 1. The molecule has 0 radical (unpaired) electrons. The third-order valence-electron chi connectivity index (χ3n) is 4.34. The zero-order valence-corrected chi connectivity index (χ0v) is 11.8. The number of nitriles is 1. The Labute approximate surface area is 118 Å². The van der Waals surface area contributed by atoms with Gasteiger partial charge in [0.15, 0.2) is 0 Å². The van der Waals surface area contributed by atoms with Crippen LogP contribution in [0.15, 0.2) is 6.07 Å². The lowest BCUT2D eigenvalue weighted by molar-refractivity contribution is 0.369. The average molecular weight is 277 g/mol. The lowest BCUT2D eigenvalue weighted by Crippen LogP contribution is -2.29. The van der Waals surface area contributed by atoms with Gasteiger partial charge in [-0.25, -0.2) is 4.98 Å². The first kappa shape index (κ1) is 12.7. The fourth-order valence-corrected chi connectivity index (χ4v) is 3.43. The van der Waals surface area contributed by atoms with Gasteiger partial charge in [-0.05, 0) is 32.4 Å². The number of rotatable bonds is 1. The summed E-state index contributed by atoms with van der Waals surface area (Å²) in [4.78, 5) is 6.80. The fraction of sp³-hybridized carbons (Fsp3) is 0.571. The van der Waals surface area contributed by atoms with E-state index in [1.807, 2.05) is 6.92 Å². The molecule has 0 amide bonds. The van der Waals surface area contributed by atoms with Crippen molar-refractivity contribution in [2.24, 2.45) is 5.41 Å². The Kier molecular flexibility index (Phi) is 3.12. The smallest absolute Gasteiger partial charge is 0.147 e. The Morgan fingerprint density at radius 2 is 2.37 bits per heavy atom. The maximum atomic E-state index is 9.00. The minimum absolute atomic E-state index is 0.396. The number of aromatic nitrogens is 1. The summed E-state index contributed by atoms with van der Waals surface area (Å²) >= 11 is 6.28. The first-order valence-corrected chi connectivity index (χ1v) is 7.04. The molecule has 1 spiro atoms. The van der Waals surface area contributed by atoms with Crippen LogP contribution in [-0.4, -0.2) is 31.2 Å². The minimum Gasteiger partial charge on any atom is -0.355 e. The molecule has 0 aromatic carbocycles. The Hall–Kier alpha value is -1.31. The number of hydrogen-bond acceptors (Lipinski definition) is 4. The van der Waals surface area contributed by atoms with Crippen molar-refractivity contribution in [3.05, 3.63) is 22.3 Å². The van der Waals surface area contributed by atoms with Crippen molar-refractivity contribution in [2.75, 3.05) is 31.1 Å². The molecule has 1 aromatic rings. The lowest BCUT2D eigenvalue weighted by Gasteiger charge is -2.24. The summed E-state index contributed by atoms with van der Waals surface area (Å²) in [6.45, 7) is 6.08. The van der Waals surface area contributed by atoms with E-state index in [4.69, 9.17) is 16.9 Å². The zero-order chi connectivity index (χ0) is 13.5. The highest BCUT2D eigenvalue weighted by atomic mass is 35.5. The third kappa shape index (κ3) is 2.18. The number of anilines is 1. The molecule has 0 bridgehead atoms. The molecule has 4 nitrogen and oxygen atoms in total. The number of halogens is 1. The third-order valence-corrected chi connectivity index (χ3v) is 4.62. The number of hydrogen-bond donors (Lipinski definition) is 1. The summed E-state index contributed by atoms with van der Waals surface area (Å²) in [5, 5.41) is 13.0. The molecule has 1 unspecified atom stereocenters. The minimum atomic E-state index is 0.396. The predicted octanol–water partition coefficient (Wildman–Crippen LogP) is 2.10. The van der Waals surface area contributed by atoms with Gasteiger partial charge < -0.3 is 10.2 Å². The molecular formula is C14H17ClN4. The molecule has 2 aliphatic rings. The molecular weight excluding hydrogens is 260 g/mol. The second-order valence-electron chi connectivity index (χ2n) is 5.64. The van der Waals surface area contributed by atoms with Crippen LogP contribution in [0, 0.1) is 23.7 Å². The summed E-state index contributed by atoms with van der Waals surface area (Å²) in [7, 11) is 0. The van der Waals surface area contributed by atoms with Gasteiger partial charge in [0, 0.05) is 25.0 Å². The quantitative estimate of drug-likeness (QED) is 0.854. The van der Waals surface area contributed by atoms with Gasteiger partial charge in [0.1, 0.15) is 11.9 Å². The SMILES string of the molecule is Cc1nc(N2CCC3(CCNC3)C2)c(Cl)cc1C#N. The normalized spacial score (nSPS) is 26.1. The van der Waals surface area contributed by atoms with Crippen molar-refractivity contribution in [1.82, 2.24) is 10.3 Å². The van der Waals surface area contributed by atoms with Gasteiger partial charge in [-0.15, -0.1) is 0 Å². The fourth-order valence-electron chi connectivity index (χ4n) is 3.16. The number of nitrogens with one attached hydrogen (secondary N) is 1. The van der Waals surface area contributed by atoms with Crippen LogP contribution in [-0.2, 0) is 0 Å². The van der Waals surface area contributed by atoms with Gasteiger partial charge in [0.25, 0.3) is 0 Å². The highest BCUT2D eigenvalue weighted by Gasteiger charge is 2.41. The zero-order valence-electron chi connectivity index (χ0n) is 11.0. The Bertz CT molecular complexity index is 543. The van der Waals surface area contributed by atoms with Gasteiger partial charge in [0.2, 0.25) is 0 Å². The predicted molar refractivity (Wildman–Crippen MR) is 75.4 cm³/mol. The summed E-state index contributed by atoms with van der Waals surface area (Å²) < 4.78 is 0. The molecule has 2 aliphatic heterocycles. The molecule has 0 saturated carbocycles. The van der Waals surface area contributed by atoms with E-state index in [-0.39, 0.29) is 0 Å². The van der Waals surface area contributed by atoms with Gasteiger partial charge in [-0.2, -0.15) is 5.26 Å². The van der Waals surface area contributed by atoms with Gasteiger partial charge >= 0.3 is 0 Å². The monoisotopic (exact) mass is 276 g/mol. The molecule has 19 heavy (non-hydrogen) atoms. The van der Waals surface area contributed by atoms with Crippen molar-refractivity contribution in [2.45, 2.75) is 19.8 Å². The van der Waals surface area contributed by atoms with E-state index < -0.39 is 0 Å². The van der Waals surface area contributed by atoms with Crippen molar-refractivity contribution in [3.63, 3.8) is 0 Å². The van der Waals surface area contributed by atoms with E-state index >= 15 is 0 Å². The van der Waals surface area contributed by atoms with E-state index in [9.17, 15) is 0 Å². The maximum Gasteiger partial charge on any atom is 0.147 e. The second kappa shape index (κ2) is 4.66. The van der Waals surface area contributed by atoms with E-state index in [1.54, 1.807) is 6.07 Å². The Morgan fingerprint density at radius 1 is 1.53 bits per heavy atom. The van der Waals surface area contributed by atoms with E-state index in [2.05, 4.69) is 21.3 Å². The van der Waals surface area contributed by atoms with Crippen LogP contribution < -0.4 is 10.2 Å². The van der Waals surface area contributed by atoms with Crippen LogP contribution >= 0.6 is 11.6 Å². The molecule has 2 saturated heterocycles. The second-order valence-corrected chi connectivity index (χ2v) is 6.04. The molecule has 0 aliphatic carbocycles. The Morgan fingerprint density at radius 3 is 3.05 bits per heavy atom. The molecule has 3 rings (SSSR count). The summed E-state index contributed by atoms with van der Waals surface area (Å²) in [6.07, 6.45) is 2.42.